The summed E-state index contributed by atoms with van der Waals surface area (Å²) in [5, 5.41) is 5.57. The third-order valence-electron chi connectivity index (χ3n) is 2.75. The Balaban J connectivity index is 2.46. The van der Waals surface area contributed by atoms with Crippen LogP contribution in [0, 0.1) is 5.82 Å². The van der Waals surface area contributed by atoms with Gasteiger partial charge in [-0.3, -0.25) is 9.59 Å². The lowest BCUT2D eigenvalue weighted by Gasteiger charge is -2.06. The second kappa shape index (κ2) is 8.27. The minimum atomic E-state index is -0.586. The van der Waals surface area contributed by atoms with Gasteiger partial charge >= 0.3 is 0 Å². The first-order chi connectivity index (χ1) is 9.58. The Kier molecular flexibility index (Phi) is 6.66. The summed E-state index contributed by atoms with van der Waals surface area (Å²) in [4.78, 5) is 23.3. The van der Waals surface area contributed by atoms with Crippen LogP contribution in [0.5, 0.6) is 5.75 Å². The molecule has 20 heavy (non-hydrogen) atoms. The van der Waals surface area contributed by atoms with Gasteiger partial charge in [-0.05, 0) is 25.2 Å². The highest BCUT2D eigenvalue weighted by Crippen LogP contribution is 2.18. The second-order valence-corrected chi connectivity index (χ2v) is 4.23. The van der Waals surface area contributed by atoms with E-state index in [-0.39, 0.29) is 35.8 Å². The zero-order chi connectivity index (χ0) is 15.0. The molecule has 1 aromatic rings. The first-order valence-corrected chi connectivity index (χ1v) is 6.36. The Morgan fingerprint density at radius 3 is 2.60 bits per heavy atom. The molecule has 6 heteroatoms. The number of ketones is 1. The van der Waals surface area contributed by atoms with Gasteiger partial charge in [-0.2, -0.15) is 0 Å². The zero-order valence-electron chi connectivity index (χ0n) is 11.7. The highest BCUT2D eigenvalue weighted by molar-refractivity contribution is 5.98. The summed E-state index contributed by atoms with van der Waals surface area (Å²) in [7, 11) is 3.14. The van der Waals surface area contributed by atoms with Crippen LogP contribution in [0.3, 0.4) is 0 Å². The topological polar surface area (TPSA) is 67.4 Å². The molecule has 0 saturated carbocycles. The monoisotopic (exact) mass is 282 g/mol. The van der Waals surface area contributed by atoms with Crippen LogP contribution in [-0.2, 0) is 4.79 Å². The zero-order valence-corrected chi connectivity index (χ0v) is 11.7. The summed E-state index contributed by atoms with van der Waals surface area (Å²) >= 11 is 0. The maximum Gasteiger partial charge on any atom is 0.220 e. The molecule has 0 aliphatic carbocycles. The van der Waals surface area contributed by atoms with Crippen molar-refractivity contribution in [2.75, 3.05) is 27.2 Å². The van der Waals surface area contributed by atoms with Gasteiger partial charge in [0.25, 0.3) is 0 Å². The normalized spacial score (nSPS) is 10.2. The molecule has 0 heterocycles. The molecule has 0 saturated heterocycles. The fourth-order valence-corrected chi connectivity index (χ4v) is 1.63. The van der Waals surface area contributed by atoms with Crippen LogP contribution in [0.1, 0.15) is 23.2 Å². The number of ether oxygens (including phenoxy) is 1. The highest BCUT2D eigenvalue weighted by atomic mass is 19.1. The van der Waals surface area contributed by atoms with E-state index in [0.29, 0.717) is 13.1 Å². The lowest BCUT2D eigenvalue weighted by atomic mass is 10.1. The van der Waals surface area contributed by atoms with Gasteiger partial charge in [0.2, 0.25) is 5.91 Å². The number of halogens is 1. The van der Waals surface area contributed by atoms with Crippen LogP contribution < -0.4 is 15.4 Å². The van der Waals surface area contributed by atoms with Crippen molar-refractivity contribution >= 4 is 11.7 Å². The molecule has 0 fully saturated rings. The number of methoxy groups -OCH3 is 1. The summed E-state index contributed by atoms with van der Waals surface area (Å²) in [6.07, 6.45) is 0.146. The molecular weight excluding hydrogens is 263 g/mol. The van der Waals surface area contributed by atoms with Crippen LogP contribution in [0.15, 0.2) is 18.2 Å². The smallest absolute Gasteiger partial charge is 0.220 e. The number of benzene rings is 1. The first-order valence-electron chi connectivity index (χ1n) is 6.36. The molecule has 0 bridgehead atoms. The third-order valence-corrected chi connectivity index (χ3v) is 2.75. The summed E-state index contributed by atoms with van der Waals surface area (Å²) < 4.78 is 18.2. The van der Waals surface area contributed by atoms with Gasteiger partial charge < -0.3 is 15.4 Å². The Labute approximate surface area is 117 Å². The minimum Gasteiger partial charge on any atom is -0.494 e. The summed E-state index contributed by atoms with van der Waals surface area (Å²) in [6.45, 7) is 1.18. The van der Waals surface area contributed by atoms with Crippen molar-refractivity contribution in [1.29, 1.82) is 0 Å². The van der Waals surface area contributed by atoms with Gasteiger partial charge in [0, 0.05) is 31.5 Å². The molecule has 0 aliphatic heterocycles. The fraction of sp³-hybridized carbons (Fsp3) is 0.429. The van der Waals surface area contributed by atoms with Gasteiger partial charge in [-0.25, -0.2) is 4.39 Å². The molecular formula is C14H19FN2O3. The quantitative estimate of drug-likeness (QED) is 0.554. The van der Waals surface area contributed by atoms with E-state index in [2.05, 4.69) is 10.6 Å². The number of carbonyl (C=O) groups is 2. The Morgan fingerprint density at radius 1 is 1.25 bits per heavy atom. The molecule has 5 nitrogen and oxygen atoms in total. The lowest BCUT2D eigenvalue weighted by molar-refractivity contribution is -0.121. The number of nitrogens with one attached hydrogen (secondary N) is 2. The van der Waals surface area contributed by atoms with E-state index in [0.717, 1.165) is 6.07 Å². The number of hydrogen-bond donors (Lipinski definition) is 2. The van der Waals surface area contributed by atoms with Crippen LogP contribution >= 0.6 is 0 Å². The maximum absolute atomic E-state index is 13.5. The average molecular weight is 282 g/mol. The molecule has 0 atom stereocenters. The number of likely N-dealkylation sites (N-methyl/N-ethyl adjacent to an activating group) is 1. The summed E-state index contributed by atoms with van der Waals surface area (Å²) in [6, 6.07) is 4.01. The third kappa shape index (κ3) is 4.97. The molecule has 1 aromatic carbocycles. The van der Waals surface area contributed by atoms with Crippen molar-refractivity contribution in [3.63, 3.8) is 0 Å². The molecule has 110 valence electrons. The Bertz CT molecular complexity index is 477. The minimum absolute atomic E-state index is 0.0527. The van der Waals surface area contributed by atoms with Gasteiger partial charge in [0.05, 0.1) is 7.11 Å². The molecule has 1 rings (SSSR count). The van der Waals surface area contributed by atoms with E-state index in [1.54, 1.807) is 7.05 Å². The van der Waals surface area contributed by atoms with Crippen molar-refractivity contribution in [2.45, 2.75) is 12.8 Å². The van der Waals surface area contributed by atoms with Crippen molar-refractivity contribution in [3.05, 3.63) is 29.6 Å². The summed E-state index contributed by atoms with van der Waals surface area (Å²) in [5.74, 6) is -0.957. The van der Waals surface area contributed by atoms with Crippen molar-refractivity contribution in [2.24, 2.45) is 0 Å². The SMILES string of the molecule is CNCCNC(=O)CCC(=O)c1ccc(OC)c(F)c1. The maximum atomic E-state index is 13.5. The van der Waals surface area contributed by atoms with E-state index in [1.807, 2.05) is 0 Å². The van der Waals surface area contributed by atoms with Crippen molar-refractivity contribution in [3.8, 4) is 5.75 Å². The molecule has 0 spiro atoms. The summed E-state index contributed by atoms with van der Waals surface area (Å²) in [5.41, 5.74) is 0.242. The van der Waals surface area contributed by atoms with Crippen LogP contribution in [0.2, 0.25) is 0 Å². The lowest BCUT2D eigenvalue weighted by Crippen LogP contribution is -2.30. The Hall–Kier alpha value is -1.95. The molecule has 0 aromatic heterocycles. The number of amides is 1. The van der Waals surface area contributed by atoms with E-state index in [1.165, 1.54) is 19.2 Å². The number of hydrogen-bond acceptors (Lipinski definition) is 4. The predicted octanol–water partition coefficient (Wildman–Crippen LogP) is 1.13. The first kappa shape index (κ1) is 16.1. The molecule has 0 radical (unpaired) electrons. The van der Waals surface area contributed by atoms with Gasteiger partial charge in [0.1, 0.15) is 0 Å². The second-order valence-electron chi connectivity index (χ2n) is 4.23. The molecule has 2 N–H and O–H groups in total. The van der Waals surface area contributed by atoms with Gasteiger partial charge in [-0.1, -0.05) is 0 Å². The van der Waals surface area contributed by atoms with E-state index < -0.39 is 5.82 Å². The number of Topliss-reactive ketones (excluding diaryl/α,β-unsaturated/α-hetero) is 1. The fourth-order valence-electron chi connectivity index (χ4n) is 1.63. The van der Waals surface area contributed by atoms with Crippen molar-refractivity contribution < 1.29 is 18.7 Å². The van der Waals surface area contributed by atoms with E-state index >= 15 is 0 Å². The van der Waals surface area contributed by atoms with Crippen LogP contribution in [0.4, 0.5) is 4.39 Å². The van der Waals surface area contributed by atoms with Gasteiger partial charge in [-0.15, -0.1) is 0 Å². The van der Waals surface area contributed by atoms with Crippen LogP contribution in [0.25, 0.3) is 0 Å². The van der Waals surface area contributed by atoms with Gasteiger partial charge in [0.15, 0.2) is 17.3 Å². The van der Waals surface area contributed by atoms with Crippen molar-refractivity contribution in [1.82, 2.24) is 10.6 Å². The van der Waals surface area contributed by atoms with E-state index in [9.17, 15) is 14.0 Å². The molecule has 1 amide bonds. The Morgan fingerprint density at radius 2 is 2.00 bits per heavy atom. The number of carbonyl (C=O) groups excluding carboxylic acids is 2. The van der Waals surface area contributed by atoms with Crippen LogP contribution in [-0.4, -0.2) is 38.9 Å². The molecule has 0 unspecified atom stereocenters. The predicted molar refractivity (Wildman–Crippen MR) is 73.5 cm³/mol. The number of rotatable bonds is 8. The standard InChI is InChI=1S/C14H19FN2O3/c1-16-7-8-17-14(19)6-4-12(18)10-3-5-13(20-2)11(15)9-10/h3,5,9,16H,4,6-8H2,1-2H3,(H,17,19). The largest absolute Gasteiger partial charge is 0.494 e. The molecule has 0 aliphatic rings. The van der Waals surface area contributed by atoms with E-state index in [4.69, 9.17) is 4.74 Å². The average Bonchev–Trinajstić information content (AvgIpc) is 2.45. The highest BCUT2D eigenvalue weighted by Gasteiger charge is 2.12.